The molecule has 0 aromatic heterocycles. The standard InChI is InChI=1S/C14H21NO2/c1-16-13-6-4-7-14(11-13)17-10-8-12-5-2-3-9-15-12/h4,6-7,11-12,15H,2-3,5,8-10H2,1H3. The maximum atomic E-state index is 5.73. The molecular formula is C14H21NO2. The van der Waals surface area contributed by atoms with Gasteiger partial charge in [0.15, 0.2) is 0 Å². The fourth-order valence-corrected chi connectivity index (χ4v) is 2.18. The molecule has 3 heteroatoms. The first-order chi connectivity index (χ1) is 8.38. The molecule has 2 rings (SSSR count). The van der Waals surface area contributed by atoms with Crippen LogP contribution in [0.1, 0.15) is 25.7 Å². The first kappa shape index (κ1) is 12.2. The lowest BCUT2D eigenvalue weighted by Gasteiger charge is -2.23. The van der Waals surface area contributed by atoms with Gasteiger partial charge in [0.25, 0.3) is 0 Å². The van der Waals surface area contributed by atoms with Crippen LogP contribution >= 0.6 is 0 Å². The van der Waals surface area contributed by atoms with Crippen molar-refractivity contribution in [3.63, 3.8) is 0 Å². The highest BCUT2D eigenvalue weighted by atomic mass is 16.5. The molecule has 0 bridgehead atoms. The lowest BCUT2D eigenvalue weighted by Crippen LogP contribution is -2.35. The predicted molar refractivity (Wildman–Crippen MR) is 68.7 cm³/mol. The molecule has 1 aliphatic rings. The van der Waals surface area contributed by atoms with Crippen LogP contribution in [0.5, 0.6) is 11.5 Å². The van der Waals surface area contributed by atoms with Gasteiger partial charge in [-0.15, -0.1) is 0 Å². The van der Waals surface area contributed by atoms with E-state index in [1.54, 1.807) is 7.11 Å². The Morgan fingerprint density at radius 3 is 2.94 bits per heavy atom. The molecule has 0 amide bonds. The summed E-state index contributed by atoms with van der Waals surface area (Å²) in [6, 6.07) is 8.41. The monoisotopic (exact) mass is 235 g/mol. The number of ether oxygens (including phenoxy) is 2. The highest BCUT2D eigenvalue weighted by Gasteiger charge is 2.11. The van der Waals surface area contributed by atoms with E-state index in [9.17, 15) is 0 Å². The lowest BCUT2D eigenvalue weighted by atomic mass is 10.0. The van der Waals surface area contributed by atoms with Crippen LogP contribution in [0.3, 0.4) is 0 Å². The van der Waals surface area contributed by atoms with Crippen LogP contribution < -0.4 is 14.8 Å². The Kier molecular flexibility index (Phi) is 4.68. The summed E-state index contributed by atoms with van der Waals surface area (Å²) >= 11 is 0. The van der Waals surface area contributed by atoms with Gasteiger partial charge in [-0.1, -0.05) is 12.5 Å². The largest absolute Gasteiger partial charge is 0.497 e. The second kappa shape index (κ2) is 6.50. The van der Waals surface area contributed by atoms with Crippen molar-refractivity contribution in [1.29, 1.82) is 0 Å². The maximum absolute atomic E-state index is 5.73. The number of methoxy groups -OCH3 is 1. The number of piperidine rings is 1. The number of benzene rings is 1. The Bertz CT molecular complexity index is 335. The van der Waals surface area contributed by atoms with Gasteiger partial charge < -0.3 is 14.8 Å². The minimum atomic E-state index is 0.634. The predicted octanol–water partition coefficient (Wildman–Crippen LogP) is 2.61. The van der Waals surface area contributed by atoms with Crippen molar-refractivity contribution in [2.75, 3.05) is 20.3 Å². The molecule has 0 saturated carbocycles. The average Bonchev–Trinajstić information content (AvgIpc) is 2.40. The van der Waals surface area contributed by atoms with Crippen molar-refractivity contribution in [3.05, 3.63) is 24.3 Å². The molecule has 0 radical (unpaired) electrons. The third-order valence-corrected chi connectivity index (χ3v) is 3.19. The number of rotatable bonds is 5. The molecule has 17 heavy (non-hydrogen) atoms. The zero-order chi connectivity index (χ0) is 11.9. The molecule has 1 N–H and O–H groups in total. The Balaban J connectivity index is 1.73. The minimum absolute atomic E-state index is 0.634. The molecule has 1 aromatic rings. The smallest absolute Gasteiger partial charge is 0.122 e. The topological polar surface area (TPSA) is 30.5 Å². The van der Waals surface area contributed by atoms with Gasteiger partial charge in [-0.2, -0.15) is 0 Å². The average molecular weight is 235 g/mol. The van der Waals surface area contributed by atoms with Gasteiger partial charge in [0.05, 0.1) is 13.7 Å². The van der Waals surface area contributed by atoms with E-state index in [0.29, 0.717) is 6.04 Å². The van der Waals surface area contributed by atoms with Crippen LogP contribution in [-0.4, -0.2) is 26.3 Å². The summed E-state index contributed by atoms with van der Waals surface area (Å²) < 4.78 is 10.9. The summed E-state index contributed by atoms with van der Waals surface area (Å²) in [5.41, 5.74) is 0. The van der Waals surface area contributed by atoms with Crippen LogP contribution in [-0.2, 0) is 0 Å². The highest BCUT2D eigenvalue weighted by molar-refractivity contribution is 5.32. The Hall–Kier alpha value is -1.22. The van der Waals surface area contributed by atoms with Crippen molar-refractivity contribution in [1.82, 2.24) is 5.32 Å². The van der Waals surface area contributed by atoms with E-state index in [2.05, 4.69) is 5.32 Å². The molecule has 94 valence electrons. The Morgan fingerprint density at radius 1 is 1.29 bits per heavy atom. The Morgan fingerprint density at radius 2 is 2.18 bits per heavy atom. The van der Waals surface area contributed by atoms with Gasteiger partial charge in [-0.3, -0.25) is 0 Å². The van der Waals surface area contributed by atoms with Crippen LogP contribution in [0.4, 0.5) is 0 Å². The molecule has 3 nitrogen and oxygen atoms in total. The summed E-state index contributed by atoms with van der Waals surface area (Å²) in [7, 11) is 1.67. The highest BCUT2D eigenvalue weighted by Crippen LogP contribution is 2.19. The van der Waals surface area contributed by atoms with E-state index >= 15 is 0 Å². The first-order valence-electron chi connectivity index (χ1n) is 6.39. The zero-order valence-corrected chi connectivity index (χ0v) is 10.4. The first-order valence-corrected chi connectivity index (χ1v) is 6.39. The maximum Gasteiger partial charge on any atom is 0.122 e. The molecular weight excluding hydrogens is 214 g/mol. The fourth-order valence-electron chi connectivity index (χ4n) is 2.18. The third kappa shape index (κ3) is 3.93. The van der Waals surface area contributed by atoms with Crippen molar-refractivity contribution in [2.24, 2.45) is 0 Å². The SMILES string of the molecule is COc1cccc(OCCC2CCCCN2)c1. The zero-order valence-electron chi connectivity index (χ0n) is 10.4. The Labute approximate surface area is 103 Å². The summed E-state index contributed by atoms with van der Waals surface area (Å²) in [5, 5.41) is 3.52. The van der Waals surface area contributed by atoms with Crippen molar-refractivity contribution in [3.8, 4) is 11.5 Å². The molecule has 1 saturated heterocycles. The summed E-state index contributed by atoms with van der Waals surface area (Å²) in [6.07, 6.45) is 5.02. The summed E-state index contributed by atoms with van der Waals surface area (Å²) in [5.74, 6) is 1.73. The molecule has 1 heterocycles. The molecule has 0 spiro atoms. The summed E-state index contributed by atoms with van der Waals surface area (Å²) in [4.78, 5) is 0. The van der Waals surface area contributed by atoms with Gasteiger partial charge in [-0.05, 0) is 37.9 Å². The third-order valence-electron chi connectivity index (χ3n) is 3.19. The second-order valence-electron chi connectivity index (χ2n) is 4.46. The van der Waals surface area contributed by atoms with E-state index in [1.807, 2.05) is 24.3 Å². The fraction of sp³-hybridized carbons (Fsp3) is 0.571. The summed E-state index contributed by atoms with van der Waals surface area (Å²) in [6.45, 7) is 1.93. The minimum Gasteiger partial charge on any atom is -0.497 e. The van der Waals surface area contributed by atoms with Gasteiger partial charge in [0.1, 0.15) is 11.5 Å². The molecule has 1 aromatic carbocycles. The van der Waals surface area contributed by atoms with Gasteiger partial charge in [0.2, 0.25) is 0 Å². The van der Waals surface area contributed by atoms with E-state index in [0.717, 1.165) is 31.1 Å². The van der Waals surface area contributed by atoms with Crippen LogP contribution in [0.15, 0.2) is 24.3 Å². The van der Waals surface area contributed by atoms with Gasteiger partial charge in [-0.25, -0.2) is 0 Å². The quantitative estimate of drug-likeness (QED) is 0.851. The second-order valence-corrected chi connectivity index (χ2v) is 4.46. The molecule has 1 aliphatic heterocycles. The van der Waals surface area contributed by atoms with E-state index in [4.69, 9.17) is 9.47 Å². The molecule has 1 fully saturated rings. The van der Waals surface area contributed by atoms with Crippen molar-refractivity contribution in [2.45, 2.75) is 31.7 Å². The molecule has 0 aliphatic carbocycles. The van der Waals surface area contributed by atoms with Gasteiger partial charge in [0, 0.05) is 12.1 Å². The van der Waals surface area contributed by atoms with Crippen LogP contribution in [0.25, 0.3) is 0 Å². The number of nitrogens with one attached hydrogen (secondary N) is 1. The lowest BCUT2D eigenvalue weighted by molar-refractivity contribution is 0.267. The molecule has 1 atom stereocenters. The van der Waals surface area contributed by atoms with E-state index < -0.39 is 0 Å². The normalized spacial score (nSPS) is 19.9. The van der Waals surface area contributed by atoms with Crippen molar-refractivity contribution < 1.29 is 9.47 Å². The number of hydrogen-bond donors (Lipinski definition) is 1. The van der Waals surface area contributed by atoms with Crippen molar-refractivity contribution >= 4 is 0 Å². The van der Waals surface area contributed by atoms with E-state index in [-0.39, 0.29) is 0 Å². The molecule has 1 unspecified atom stereocenters. The number of hydrogen-bond acceptors (Lipinski definition) is 3. The van der Waals surface area contributed by atoms with Crippen LogP contribution in [0, 0.1) is 0 Å². The van der Waals surface area contributed by atoms with Gasteiger partial charge >= 0.3 is 0 Å². The van der Waals surface area contributed by atoms with E-state index in [1.165, 1.54) is 19.3 Å². The van der Waals surface area contributed by atoms with Crippen LogP contribution in [0.2, 0.25) is 0 Å².